The van der Waals surface area contributed by atoms with E-state index in [0.29, 0.717) is 37.2 Å². The van der Waals surface area contributed by atoms with Crippen LogP contribution in [0.5, 0.6) is 5.75 Å². The van der Waals surface area contributed by atoms with Crippen LogP contribution in [0.2, 0.25) is 5.02 Å². The highest BCUT2D eigenvalue weighted by Gasteiger charge is 2.03. The van der Waals surface area contributed by atoms with Crippen LogP contribution in [0.25, 0.3) is 0 Å². The summed E-state index contributed by atoms with van der Waals surface area (Å²) in [5.41, 5.74) is 1.16. The van der Waals surface area contributed by atoms with Gasteiger partial charge in [0.05, 0.1) is 24.8 Å². The van der Waals surface area contributed by atoms with Crippen molar-refractivity contribution in [3.63, 3.8) is 0 Å². The van der Waals surface area contributed by atoms with Gasteiger partial charge in [0.25, 0.3) is 0 Å². The molecule has 0 radical (unpaired) electrons. The molecule has 1 aromatic rings. The van der Waals surface area contributed by atoms with E-state index in [9.17, 15) is 0 Å². The largest absolute Gasteiger partial charge is 0.490 e. The second-order valence-corrected chi connectivity index (χ2v) is 4.80. The highest BCUT2D eigenvalue weighted by molar-refractivity contribution is 6.32. The van der Waals surface area contributed by atoms with E-state index in [1.807, 2.05) is 18.2 Å². The first kappa shape index (κ1) is 17.2. The normalized spacial score (nSPS) is 10.8. The van der Waals surface area contributed by atoms with E-state index >= 15 is 0 Å². The lowest BCUT2D eigenvalue weighted by molar-refractivity contribution is 0.0544. The fourth-order valence-corrected chi connectivity index (χ4v) is 1.89. The van der Waals surface area contributed by atoms with E-state index in [1.54, 1.807) is 7.11 Å². The number of methoxy groups -OCH3 is 1. The van der Waals surface area contributed by atoms with Gasteiger partial charge in [-0.1, -0.05) is 24.6 Å². The van der Waals surface area contributed by atoms with Gasteiger partial charge in [0.15, 0.2) is 0 Å². The van der Waals surface area contributed by atoms with Crippen molar-refractivity contribution >= 4 is 11.6 Å². The number of hydrogen-bond donors (Lipinski definition) is 1. The second kappa shape index (κ2) is 10.9. The van der Waals surface area contributed by atoms with Crippen LogP contribution >= 0.6 is 11.6 Å². The molecule has 0 saturated carbocycles. The van der Waals surface area contributed by atoms with Crippen molar-refractivity contribution in [2.24, 2.45) is 0 Å². The third-order valence-corrected chi connectivity index (χ3v) is 2.96. The molecule has 1 N–H and O–H groups in total. The number of ether oxygens (including phenoxy) is 3. The Balaban J connectivity index is 2.28. The lowest BCUT2D eigenvalue weighted by Gasteiger charge is -2.10. The van der Waals surface area contributed by atoms with Crippen molar-refractivity contribution in [2.75, 3.05) is 40.1 Å². The molecule has 0 amide bonds. The lowest BCUT2D eigenvalue weighted by Crippen LogP contribution is -2.14. The maximum atomic E-state index is 6.19. The van der Waals surface area contributed by atoms with Gasteiger partial charge in [-0.3, -0.25) is 0 Å². The fourth-order valence-electron chi connectivity index (χ4n) is 1.64. The predicted molar refractivity (Wildman–Crippen MR) is 81.6 cm³/mol. The lowest BCUT2D eigenvalue weighted by atomic mass is 10.2. The quantitative estimate of drug-likeness (QED) is 0.638. The molecule has 0 aromatic heterocycles. The Labute approximate surface area is 126 Å². The summed E-state index contributed by atoms with van der Waals surface area (Å²) in [5.74, 6) is 0.696. The molecule has 5 heteroatoms. The van der Waals surface area contributed by atoms with Gasteiger partial charge in [0.2, 0.25) is 0 Å². The molecule has 0 aliphatic heterocycles. The highest BCUT2D eigenvalue weighted by atomic mass is 35.5. The molecule has 0 aliphatic rings. The summed E-state index contributed by atoms with van der Waals surface area (Å²) in [7, 11) is 1.65. The van der Waals surface area contributed by atoms with Gasteiger partial charge >= 0.3 is 0 Å². The number of benzene rings is 1. The zero-order valence-electron chi connectivity index (χ0n) is 12.3. The van der Waals surface area contributed by atoms with Gasteiger partial charge in [-0.15, -0.1) is 0 Å². The van der Waals surface area contributed by atoms with E-state index in [2.05, 4.69) is 12.2 Å². The number of rotatable bonds is 11. The Hall–Kier alpha value is -0.810. The fraction of sp³-hybridized carbons (Fsp3) is 0.600. The second-order valence-electron chi connectivity index (χ2n) is 4.40. The van der Waals surface area contributed by atoms with Crippen LogP contribution in [0, 0.1) is 0 Å². The minimum Gasteiger partial charge on any atom is -0.490 e. The standard InChI is InChI=1S/C15H24ClNO3/c1-3-6-17-12-13-4-5-15(14(16)11-13)20-10-9-19-8-7-18-2/h4-5,11,17H,3,6-10,12H2,1-2H3. The topological polar surface area (TPSA) is 39.7 Å². The van der Waals surface area contributed by atoms with Gasteiger partial charge in [0.1, 0.15) is 12.4 Å². The van der Waals surface area contributed by atoms with Crippen LogP contribution in [0.15, 0.2) is 18.2 Å². The van der Waals surface area contributed by atoms with Crippen molar-refractivity contribution in [3.8, 4) is 5.75 Å². The summed E-state index contributed by atoms with van der Waals surface area (Å²) >= 11 is 6.19. The average Bonchev–Trinajstić information content (AvgIpc) is 2.45. The predicted octanol–water partition coefficient (Wildman–Crippen LogP) is 2.88. The molecule has 1 aromatic carbocycles. The van der Waals surface area contributed by atoms with E-state index < -0.39 is 0 Å². The zero-order valence-corrected chi connectivity index (χ0v) is 13.0. The summed E-state index contributed by atoms with van der Waals surface area (Å²) < 4.78 is 15.8. The van der Waals surface area contributed by atoms with Crippen molar-refractivity contribution in [3.05, 3.63) is 28.8 Å². The van der Waals surface area contributed by atoms with Gasteiger partial charge in [0, 0.05) is 13.7 Å². The zero-order chi connectivity index (χ0) is 14.6. The van der Waals surface area contributed by atoms with Crippen LogP contribution in [0.3, 0.4) is 0 Å². The first-order valence-electron chi connectivity index (χ1n) is 6.96. The van der Waals surface area contributed by atoms with Gasteiger partial charge in [-0.2, -0.15) is 0 Å². The summed E-state index contributed by atoms with van der Waals surface area (Å²) in [6.07, 6.45) is 1.12. The van der Waals surface area contributed by atoms with Crippen LogP contribution in [0.4, 0.5) is 0 Å². The van der Waals surface area contributed by atoms with E-state index in [4.69, 9.17) is 25.8 Å². The van der Waals surface area contributed by atoms with Gasteiger partial charge < -0.3 is 19.5 Å². The smallest absolute Gasteiger partial charge is 0.138 e. The average molecular weight is 302 g/mol. The Morgan fingerprint density at radius 3 is 2.65 bits per heavy atom. The van der Waals surface area contributed by atoms with Crippen LogP contribution < -0.4 is 10.1 Å². The summed E-state index contributed by atoms with van der Waals surface area (Å²) in [6, 6.07) is 5.86. The van der Waals surface area contributed by atoms with E-state index in [0.717, 1.165) is 25.1 Å². The number of hydrogen-bond acceptors (Lipinski definition) is 4. The van der Waals surface area contributed by atoms with Crippen LogP contribution in [0.1, 0.15) is 18.9 Å². The maximum absolute atomic E-state index is 6.19. The molecule has 0 saturated heterocycles. The first-order chi connectivity index (χ1) is 9.77. The Kier molecular flexibility index (Phi) is 9.41. The number of halogens is 1. The van der Waals surface area contributed by atoms with Gasteiger partial charge in [-0.25, -0.2) is 0 Å². The highest BCUT2D eigenvalue weighted by Crippen LogP contribution is 2.25. The SMILES string of the molecule is CCCNCc1ccc(OCCOCCOC)c(Cl)c1. The Morgan fingerprint density at radius 1 is 1.15 bits per heavy atom. The summed E-state index contributed by atoms with van der Waals surface area (Å²) in [5, 5.41) is 3.98. The molecular weight excluding hydrogens is 278 g/mol. The maximum Gasteiger partial charge on any atom is 0.138 e. The van der Waals surface area contributed by atoms with Crippen LogP contribution in [-0.4, -0.2) is 40.1 Å². The number of nitrogens with one attached hydrogen (secondary N) is 1. The van der Waals surface area contributed by atoms with Gasteiger partial charge in [-0.05, 0) is 30.7 Å². The third-order valence-electron chi connectivity index (χ3n) is 2.67. The molecule has 0 fully saturated rings. The monoisotopic (exact) mass is 301 g/mol. The molecule has 0 aliphatic carbocycles. The molecular formula is C15H24ClNO3. The summed E-state index contributed by atoms with van der Waals surface area (Å²) in [6.45, 7) is 6.17. The van der Waals surface area contributed by atoms with Crippen molar-refractivity contribution in [1.29, 1.82) is 0 Å². The molecule has 0 atom stereocenters. The third kappa shape index (κ3) is 7.10. The molecule has 0 heterocycles. The Bertz CT molecular complexity index is 374. The minimum absolute atomic E-state index is 0.483. The molecule has 0 unspecified atom stereocenters. The van der Waals surface area contributed by atoms with E-state index in [1.165, 1.54) is 0 Å². The van der Waals surface area contributed by atoms with E-state index in [-0.39, 0.29) is 0 Å². The minimum atomic E-state index is 0.483. The van der Waals surface area contributed by atoms with Crippen LogP contribution in [-0.2, 0) is 16.0 Å². The molecule has 4 nitrogen and oxygen atoms in total. The molecule has 0 spiro atoms. The van der Waals surface area contributed by atoms with Crippen molar-refractivity contribution in [1.82, 2.24) is 5.32 Å². The van der Waals surface area contributed by atoms with Crippen molar-refractivity contribution in [2.45, 2.75) is 19.9 Å². The Morgan fingerprint density at radius 2 is 1.95 bits per heavy atom. The molecule has 1 rings (SSSR count). The molecule has 114 valence electrons. The van der Waals surface area contributed by atoms with Crippen molar-refractivity contribution < 1.29 is 14.2 Å². The summed E-state index contributed by atoms with van der Waals surface area (Å²) in [4.78, 5) is 0. The molecule has 0 bridgehead atoms. The molecule has 20 heavy (non-hydrogen) atoms. The first-order valence-corrected chi connectivity index (χ1v) is 7.34.